The van der Waals surface area contributed by atoms with Crippen molar-refractivity contribution in [3.8, 4) is 5.75 Å². The Morgan fingerprint density at radius 3 is 2.35 bits per heavy atom. The molecule has 0 bridgehead atoms. The zero-order valence-corrected chi connectivity index (χ0v) is 20.0. The molecule has 0 heterocycles. The van der Waals surface area contributed by atoms with Crippen LogP contribution in [0.4, 0.5) is 15.8 Å². The van der Waals surface area contributed by atoms with E-state index in [4.69, 9.17) is 27.9 Å². The Morgan fingerprint density at radius 1 is 0.971 bits per heavy atom. The van der Waals surface area contributed by atoms with Crippen molar-refractivity contribution in [1.82, 2.24) is 0 Å². The summed E-state index contributed by atoms with van der Waals surface area (Å²) in [6.07, 6.45) is 3.42. The Bertz CT molecular complexity index is 1230. The predicted molar refractivity (Wildman–Crippen MR) is 133 cm³/mol. The van der Waals surface area contributed by atoms with Crippen molar-refractivity contribution in [2.24, 2.45) is 0 Å². The van der Waals surface area contributed by atoms with Gasteiger partial charge < -0.3 is 15.4 Å². The van der Waals surface area contributed by atoms with Crippen LogP contribution in [-0.2, 0) is 10.2 Å². The molecule has 0 aliphatic heterocycles. The highest BCUT2D eigenvalue weighted by Crippen LogP contribution is 2.42. The third-order valence-corrected chi connectivity index (χ3v) is 6.74. The fourth-order valence-corrected chi connectivity index (χ4v) is 4.69. The monoisotopic (exact) mass is 500 g/mol. The summed E-state index contributed by atoms with van der Waals surface area (Å²) in [6, 6.07) is 16.5. The van der Waals surface area contributed by atoms with Crippen molar-refractivity contribution in [2.75, 3.05) is 17.7 Å². The average Bonchev–Trinajstić information content (AvgIpc) is 3.33. The quantitative estimate of drug-likeness (QED) is 0.389. The number of carbonyl (C=O) groups is 2. The van der Waals surface area contributed by atoms with Crippen molar-refractivity contribution in [1.29, 1.82) is 0 Å². The van der Waals surface area contributed by atoms with Crippen molar-refractivity contribution >= 4 is 46.4 Å². The van der Waals surface area contributed by atoms with Crippen LogP contribution in [0.15, 0.2) is 60.7 Å². The molecule has 8 heteroatoms. The summed E-state index contributed by atoms with van der Waals surface area (Å²) in [4.78, 5) is 26.0. The summed E-state index contributed by atoms with van der Waals surface area (Å²) in [5, 5.41) is 6.11. The number of hydrogen-bond acceptors (Lipinski definition) is 3. The van der Waals surface area contributed by atoms with E-state index in [9.17, 15) is 14.0 Å². The lowest BCUT2D eigenvalue weighted by Gasteiger charge is -2.28. The van der Waals surface area contributed by atoms with E-state index in [-0.39, 0.29) is 16.5 Å². The van der Waals surface area contributed by atoms with Gasteiger partial charge in [0.15, 0.2) is 5.82 Å². The number of benzene rings is 3. The molecule has 3 aromatic carbocycles. The van der Waals surface area contributed by atoms with E-state index in [1.54, 1.807) is 30.3 Å². The zero-order chi connectivity index (χ0) is 24.3. The molecule has 0 aromatic heterocycles. The Labute approximate surface area is 207 Å². The van der Waals surface area contributed by atoms with Gasteiger partial charge in [-0.05, 0) is 54.8 Å². The summed E-state index contributed by atoms with van der Waals surface area (Å²) < 4.78 is 19.6. The lowest BCUT2D eigenvalue weighted by atomic mass is 9.78. The van der Waals surface area contributed by atoms with Crippen LogP contribution in [0.5, 0.6) is 5.75 Å². The van der Waals surface area contributed by atoms with Crippen molar-refractivity contribution in [3.63, 3.8) is 0 Å². The lowest BCUT2D eigenvalue weighted by molar-refractivity contribution is -0.121. The molecule has 1 aliphatic carbocycles. The molecule has 2 N–H and O–H groups in total. The third-order valence-electron chi connectivity index (χ3n) is 6.19. The number of methoxy groups -OCH3 is 1. The van der Waals surface area contributed by atoms with E-state index in [2.05, 4.69) is 10.6 Å². The van der Waals surface area contributed by atoms with Crippen LogP contribution in [0.2, 0.25) is 10.0 Å². The SMILES string of the molecule is COc1cc(NC(=O)C2(c3ccc(Cl)cc3)CCCC2)ccc1NC(=O)c1cccc(Cl)c1F. The Kier molecular flexibility index (Phi) is 7.10. The van der Waals surface area contributed by atoms with Crippen molar-refractivity contribution < 1.29 is 18.7 Å². The molecule has 0 saturated heterocycles. The average molecular weight is 501 g/mol. The summed E-state index contributed by atoms with van der Waals surface area (Å²) in [5.41, 5.74) is 0.978. The van der Waals surface area contributed by atoms with Crippen molar-refractivity contribution in [3.05, 3.63) is 87.7 Å². The minimum absolute atomic E-state index is 0.104. The molecule has 0 unspecified atom stereocenters. The topological polar surface area (TPSA) is 67.4 Å². The summed E-state index contributed by atoms with van der Waals surface area (Å²) in [5.74, 6) is -1.25. The molecule has 4 rings (SSSR count). The molecule has 34 heavy (non-hydrogen) atoms. The lowest BCUT2D eigenvalue weighted by Crippen LogP contribution is -2.38. The van der Waals surface area contributed by atoms with Gasteiger partial charge in [0.25, 0.3) is 5.91 Å². The van der Waals surface area contributed by atoms with Gasteiger partial charge in [0.1, 0.15) is 5.75 Å². The van der Waals surface area contributed by atoms with Gasteiger partial charge in [0, 0.05) is 16.8 Å². The molecule has 1 saturated carbocycles. The largest absolute Gasteiger partial charge is 0.494 e. The molecule has 5 nitrogen and oxygen atoms in total. The number of carbonyl (C=O) groups excluding carboxylic acids is 2. The van der Waals surface area contributed by atoms with Crippen molar-refractivity contribution in [2.45, 2.75) is 31.1 Å². The van der Waals surface area contributed by atoms with E-state index < -0.39 is 17.1 Å². The van der Waals surface area contributed by atoms with Gasteiger partial charge in [-0.15, -0.1) is 0 Å². The first-order chi connectivity index (χ1) is 16.3. The first kappa shape index (κ1) is 24.0. The third kappa shape index (κ3) is 4.74. The number of nitrogens with one attached hydrogen (secondary N) is 2. The summed E-state index contributed by atoms with van der Waals surface area (Å²) in [6.45, 7) is 0. The van der Waals surface area contributed by atoms with Crippen LogP contribution in [0.1, 0.15) is 41.6 Å². The minimum atomic E-state index is -0.798. The minimum Gasteiger partial charge on any atom is -0.494 e. The van der Waals surface area contributed by atoms with E-state index >= 15 is 0 Å². The highest BCUT2D eigenvalue weighted by atomic mass is 35.5. The Hall–Kier alpha value is -3.09. The second kappa shape index (κ2) is 10.0. The van der Waals surface area contributed by atoms with Gasteiger partial charge in [0.05, 0.1) is 28.8 Å². The molecule has 0 spiro atoms. The Balaban J connectivity index is 1.55. The van der Waals surface area contributed by atoms with Crippen LogP contribution >= 0.6 is 23.2 Å². The number of hydrogen-bond donors (Lipinski definition) is 2. The van der Waals surface area contributed by atoms with Gasteiger partial charge >= 0.3 is 0 Å². The Morgan fingerprint density at radius 2 is 1.68 bits per heavy atom. The maximum atomic E-state index is 14.2. The fraction of sp³-hybridized carbons (Fsp3) is 0.231. The predicted octanol–water partition coefficient (Wildman–Crippen LogP) is 6.84. The molecule has 1 fully saturated rings. The molecule has 3 aromatic rings. The van der Waals surface area contributed by atoms with Crippen LogP contribution in [-0.4, -0.2) is 18.9 Å². The summed E-state index contributed by atoms with van der Waals surface area (Å²) >= 11 is 11.8. The summed E-state index contributed by atoms with van der Waals surface area (Å²) in [7, 11) is 1.45. The molecule has 0 atom stereocenters. The fourth-order valence-electron chi connectivity index (χ4n) is 4.39. The van der Waals surface area contributed by atoms with Crippen LogP contribution in [0.3, 0.4) is 0 Å². The molecule has 0 radical (unpaired) electrons. The second-order valence-electron chi connectivity index (χ2n) is 8.22. The van der Waals surface area contributed by atoms with E-state index in [1.807, 2.05) is 12.1 Å². The standard InChI is InChI=1S/C26H23Cl2FN2O3/c1-34-22-15-18(11-12-21(22)31-24(32)19-5-4-6-20(28)23(19)29)30-25(33)26(13-2-3-14-26)16-7-9-17(27)10-8-16/h4-12,15H,2-3,13-14H2,1H3,(H,30,33)(H,31,32). The van der Waals surface area contributed by atoms with Gasteiger partial charge in [-0.2, -0.15) is 0 Å². The van der Waals surface area contributed by atoms with Gasteiger partial charge in [-0.3, -0.25) is 9.59 Å². The number of halogens is 3. The van der Waals surface area contributed by atoms with Gasteiger partial charge in [-0.25, -0.2) is 4.39 Å². The van der Waals surface area contributed by atoms with Crippen LogP contribution < -0.4 is 15.4 Å². The highest BCUT2D eigenvalue weighted by Gasteiger charge is 2.42. The van der Waals surface area contributed by atoms with E-state index in [1.165, 1.54) is 25.3 Å². The first-order valence-electron chi connectivity index (χ1n) is 10.8. The smallest absolute Gasteiger partial charge is 0.258 e. The number of amides is 2. The molecular formula is C26H23Cl2FN2O3. The van der Waals surface area contributed by atoms with Gasteiger partial charge in [-0.1, -0.05) is 54.2 Å². The normalized spacial score (nSPS) is 14.5. The molecule has 2 amide bonds. The van der Waals surface area contributed by atoms with E-state index in [0.29, 0.717) is 22.1 Å². The van der Waals surface area contributed by atoms with Crippen LogP contribution in [0.25, 0.3) is 0 Å². The maximum absolute atomic E-state index is 14.2. The van der Waals surface area contributed by atoms with Crippen LogP contribution in [0, 0.1) is 5.82 Å². The number of ether oxygens (including phenoxy) is 1. The number of rotatable bonds is 6. The first-order valence-corrected chi connectivity index (χ1v) is 11.6. The molecule has 1 aliphatic rings. The van der Waals surface area contributed by atoms with Gasteiger partial charge in [0.2, 0.25) is 5.91 Å². The second-order valence-corrected chi connectivity index (χ2v) is 9.06. The molecule has 176 valence electrons. The number of anilines is 2. The zero-order valence-electron chi connectivity index (χ0n) is 18.5. The highest BCUT2D eigenvalue weighted by molar-refractivity contribution is 6.31. The van der Waals surface area contributed by atoms with E-state index in [0.717, 1.165) is 31.2 Å². The molecular weight excluding hydrogens is 478 g/mol. The maximum Gasteiger partial charge on any atom is 0.258 e.